The Morgan fingerprint density at radius 2 is 1.94 bits per heavy atom. The molecule has 2 N–H and O–H groups in total. The molecule has 2 aliphatic rings. The standard InChI is InChI=1S/C25H27ClN4O3/c1-15-13-25(2,3)29(4)21-12-19(26)16(10-18(15)21)11-20-23(32)30(24(33)28-20)14-22(31)27-17-8-6-5-7-9-17/h5-12,15H,13-14H2,1-4H3,(H,27,31)(H,28,33)/b20-11+. The van der Waals surface area contributed by atoms with Gasteiger partial charge in [0.1, 0.15) is 12.2 Å². The van der Waals surface area contributed by atoms with Crippen LogP contribution in [0.15, 0.2) is 48.2 Å². The monoisotopic (exact) mass is 466 g/mol. The summed E-state index contributed by atoms with van der Waals surface area (Å²) in [6.45, 7) is 6.19. The molecule has 2 aliphatic heterocycles. The predicted octanol–water partition coefficient (Wildman–Crippen LogP) is 4.59. The number of nitrogens with one attached hydrogen (secondary N) is 2. The van der Waals surface area contributed by atoms with Crippen molar-refractivity contribution in [2.75, 3.05) is 23.8 Å². The fourth-order valence-electron chi connectivity index (χ4n) is 4.45. The third-order valence-electron chi connectivity index (χ3n) is 6.37. The Bertz CT molecular complexity index is 1160. The molecule has 2 aromatic rings. The molecule has 0 saturated carbocycles. The highest BCUT2D eigenvalue weighted by atomic mass is 35.5. The third-order valence-corrected chi connectivity index (χ3v) is 6.70. The molecule has 0 bridgehead atoms. The van der Waals surface area contributed by atoms with Crippen LogP contribution in [0.5, 0.6) is 0 Å². The summed E-state index contributed by atoms with van der Waals surface area (Å²) in [6.07, 6.45) is 2.55. The van der Waals surface area contributed by atoms with Gasteiger partial charge in [-0.25, -0.2) is 9.69 Å². The molecule has 33 heavy (non-hydrogen) atoms. The lowest BCUT2D eigenvalue weighted by Gasteiger charge is -2.45. The van der Waals surface area contributed by atoms with E-state index in [-0.39, 0.29) is 17.8 Å². The van der Waals surface area contributed by atoms with Crippen LogP contribution in [0.4, 0.5) is 16.2 Å². The van der Waals surface area contributed by atoms with Crippen molar-refractivity contribution < 1.29 is 14.4 Å². The van der Waals surface area contributed by atoms with Crippen molar-refractivity contribution in [1.82, 2.24) is 10.2 Å². The van der Waals surface area contributed by atoms with Gasteiger partial charge in [0.2, 0.25) is 5.91 Å². The second-order valence-corrected chi connectivity index (χ2v) is 9.61. The minimum Gasteiger partial charge on any atom is -0.369 e. The van der Waals surface area contributed by atoms with Crippen molar-refractivity contribution in [2.24, 2.45) is 0 Å². The average molecular weight is 467 g/mol. The van der Waals surface area contributed by atoms with E-state index in [0.29, 0.717) is 22.2 Å². The Kier molecular flexibility index (Phi) is 5.93. The number of fused-ring (bicyclic) bond motifs is 1. The third kappa shape index (κ3) is 4.46. The fourth-order valence-corrected chi connectivity index (χ4v) is 4.66. The van der Waals surface area contributed by atoms with Crippen molar-refractivity contribution in [2.45, 2.75) is 38.6 Å². The molecule has 1 unspecified atom stereocenters. The van der Waals surface area contributed by atoms with Gasteiger partial charge in [0.15, 0.2) is 0 Å². The summed E-state index contributed by atoms with van der Waals surface area (Å²) in [6, 6.07) is 12.1. The summed E-state index contributed by atoms with van der Waals surface area (Å²) < 4.78 is 0. The number of para-hydroxylation sites is 1. The van der Waals surface area contributed by atoms with Gasteiger partial charge in [0.05, 0.1) is 0 Å². The molecule has 1 saturated heterocycles. The molecule has 2 heterocycles. The van der Waals surface area contributed by atoms with Crippen LogP contribution in [0.25, 0.3) is 6.08 Å². The predicted molar refractivity (Wildman–Crippen MR) is 130 cm³/mol. The van der Waals surface area contributed by atoms with Gasteiger partial charge in [-0.05, 0) is 67.7 Å². The van der Waals surface area contributed by atoms with Crippen LogP contribution in [0.1, 0.15) is 44.2 Å². The first-order chi connectivity index (χ1) is 15.6. The molecule has 1 fully saturated rings. The van der Waals surface area contributed by atoms with Crippen LogP contribution in [0.3, 0.4) is 0 Å². The average Bonchev–Trinajstić information content (AvgIpc) is 3.01. The number of anilines is 2. The summed E-state index contributed by atoms with van der Waals surface area (Å²) in [5.74, 6) is -0.715. The highest BCUT2D eigenvalue weighted by molar-refractivity contribution is 6.32. The number of carbonyl (C=O) groups is 3. The summed E-state index contributed by atoms with van der Waals surface area (Å²) >= 11 is 6.57. The lowest BCUT2D eigenvalue weighted by atomic mass is 9.80. The number of nitrogens with zero attached hydrogens (tertiary/aromatic N) is 2. The van der Waals surface area contributed by atoms with Gasteiger partial charge in [-0.15, -0.1) is 0 Å². The van der Waals surface area contributed by atoms with Crippen LogP contribution in [0.2, 0.25) is 5.02 Å². The highest BCUT2D eigenvalue weighted by Gasteiger charge is 2.36. The first-order valence-corrected chi connectivity index (χ1v) is 11.2. The minimum atomic E-state index is -0.640. The molecule has 0 spiro atoms. The fraction of sp³-hybridized carbons (Fsp3) is 0.320. The molecule has 0 aliphatic carbocycles. The zero-order chi connectivity index (χ0) is 23.9. The van der Waals surface area contributed by atoms with E-state index >= 15 is 0 Å². The molecule has 2 aromatic carbocycles. The first kappa shape index (κ1) is 22.9. The molecule has 1 atom stereocenters. The van der Waals surface area contributed by atoms with Gasteiger partial charge in [-0.3, -0.25) is 9.59 Å². The molecule has 4 amide bonds. The first-order valence-electron chi connectivity index (χ1n) is 10.8. The zero-order valence-electron chi connectivity index (χ0n) is 19.1. The highest BCUT2D eigenvalue weighted by Crippen LogP contribution is 2.44. The van der Waals surface area contributed by atoms with Crippen LogP contribution in [-0.2, 0) is 9.59 Å². The van der Waals surface area contributed by atoms with Crippen LogP contribution in [-0.4, -0.2) is 41.9 Å². The maximum atomic E-state index is 12.9. The SMILES string of the molecule is CC1CC(C)(C)N(C)c2cc(Cl)c(/C=C3/NC(=O)N(CC(=O)Nc4ccccc4)C3=O)cc21. The van der Waals surface area contributed by atoms with Gasteiger partial charge in [-0.1, -0.05) is 36.7 Å². The van der Waals surface area contributed by atoms with Crippen LogP contribution in [0, 0.1) is 0 Å². The molecule has 8 heteroatoms. The van der Waals surface area contributed by atoms with Gasteiger partial charge in [-0.2, -0.15) is 0 Å². The Balaban J connectivity index is 1.55. The van der Waals surface area contributed by atoms with Crippen molar-refractivity contribution in [1.29, 1.82) is 0 Å². The number of hydrogen-bond acceptors (Lipinski definition) is 4. The largest absolute Gasteiger partial charge is 0.369 e. The molecule has 4 rings (SSSR count). The van der Waals surface area contributed by atoms with Gasteiger partial charge in [0, 0.05) is 29.0 Å². The van der Waals surface area contributed by atoms with Crippen molar-refractivity contribution in [3.63, 3.8) is 0 Å². The van der Waals surface area contributed by atoms with E-state index in [1.807, 2.05) is 18.2 Å². The van der Waals surface area contributed by atoms with E-state index in [4.69, 9.17) is 11.6 Å². The number of urea groups is 1. The summed E-state index contributed by atoms with van der Waals surface area (Å²) in [5.41, 5.74) is 3.54. The van der Waals surface area contributed by atoms with Crippen molar-refractivity contribution in [3.05, 3.63) is 64.3 Å². The summed E-state index contributed by atoms with van der Waals surface area (Å²) in [5, 5.41) is 5.72. The topological polar surface area (TPSA) is 81.8 Å². The second-order valence-electron chi connectivity index (χ2n) is 9.20. The number of imide groups is 1. The second kappa shape index (κ2) is 8.56. The van der Waals surface area contributed by atoms with Crippen molar-refractivity contribution in [3.8, 4) is 0 Å². The Morgan fingerprint density at radius 3 is 2.64 bits per heavy atom. The summed E-state index contributed by atoms with van der Waals surface area (Å²) in [4.78, 5) is 40.7. The van der Waals surface area contributed by atoms with Gasteiger partial charge in [0.25, 0.3) is 5.91 Å². The lowest BCUT2D eigenvalue weighted by Crippen LogP contribution is -2.45. The lowest BCUT2D eigenvalue weighted by molar-refractivity contribution is -0.127. The Labute approximate surface area is 198 Å². The molecule has 7 nitrogen and oxygen atoms in total. The van der Waals surface area contributed by atoms with E-state index in [2.05, 4.69) is 43.4 Å². The van der Waals surface area contributed by atoms with Gasteiger partial charge < -0.3 is 15.5 Å². The molecular formula is C25H27ClN4O3. The molecule has 0 radical (unpaired) electrons. The number of benzene rings is 2. The Morgan fingerprint density at radius 1 is 1.24 bits per heavy atom. The van der Waals surface area contributed by atoms with Gasteiger partial charge >= 0.3 is 6.03 Å². The van der Waals surface area contributed by atoms with E-state index in [1.165, 1.54) is 0 Å². The zero-order valence-corrected chi connectivity index (χ0v) is 19.9. The van der Waals surface area contributed by atoms with E-state index in [0.717, 1.165) is 22.6 Å². The maximum absolute atomic E-state index is 12.9. The number of amides is 4. The number of carbonyl (C=O) groups excluding carboxylic acids is 3. The van der Waals surface area contributed by atoms with Crippen molar-refractivity contribution >= 4 is 46.9 Å². The summed E-state index contributed by atoms with van der Waals surface area (Å²) in [7, 11) is 2.05. The van der Waals surface area contributed by atoms with E-state index in [1.54, 1.807) is 30.3 Å². The molecular weight excluding hydrogens is 440 g/mol. The molecule has 0 aromatic heterocycles. The smallest absolute Gasteiger partial charge is 0.329 e. The Hall–Kier alpha value is -3.32. The number of rotatable bonds is 4. The minimum absolute atomic E-state index is 0.00590. The maximum Gasteiger partial charge on any atom is 0.329 e. The number of hydrogen-bond donors (Lipinski definition) is 2. The van der Waals surface area contributed by atoms with E-state index in [9.17, 15) is 14.4 Å². The molecule has 172 valence electrons. The van der Waals surface area contributed by atoms with E-state index < -0.39 is 17.8 Å². The van der Waals surface area contributed by atoms with Crippen LogP contribution < -0.4 is 15.5 Å². The normalized spacial score (nSPS) is 20.6. The quantitative estimate of drug-likeness (QED) is 0.510. The number of halogens is 1. The van der Waals surface area contributed by atoms with Crippen LogP contribution >= 0.6 is 11.6 Å².